The maximum atomic E-state index is 3.74. The second-order valence-electron chi connectivity index (χ2n) is 6.71. The Morgan fingerprint density at radius 3 is 2.44 bits per heavy atom. The second kappa shape index (κ2) is 5.53. The van der Waals surface area contributed by atoms with Crippen molar-refractivity contribution in [2.45, 2.75) is 65.2 Å². The van der Waals surface area contributed by atoms with Crippen molar-refractivity contribution in [1.82, 2.24) is 5.32 Å². The van der Waals surface area contributed by atoms with Gasteiger partial charge in [-0.1, -0.05) is 39.5 Å². The molecule has 0 unspecified atom stereocenters. The van der Waals surface area contributed by atoms with Crippen molar-refractivity contribution in [3.8, 4) is 0 Å². The van der Waals surface area contributed by atoms with Crippen molar-refractivity contribution in [2.75, 3.05) is 13.1 Å². The summed E-state index contributed by atoms with van der Waals surface area (Å²) < 4.78 is 0. The minimum atomic E-state index is 0.664. The average molecular weight is 223 g/mol. The summed E-state index contributed by atoms with van der Waals surface area (Å²) in [7, 11) is 0. The van der Waals surface area contributed by atoms with E-state index in [1.54, 1.807) is 0 Å². The molecule has 2 aliphatic rings. The monoisotopic (exact) mass is 223 g/mol. The van der Waals surface area contributed by atoms with E-state index >= 15 is 0 Å². The predicted molar refractivity (Wildman–Crippen MR) is 70.6 cm³/mol. The average Bonchev–Trinajstić information content (AvgIpc) is 2.94. The fourth-order valence-corrected chi connectivity index (χ4v) is 3.51. The molecule has 0 aliphatic heterocycles. The molecular weight excluding hydrogens is 194 g/mol. The molecule has 0 heterocycles. The lowest BCUT2D eigenvalue weighted by Crippen LogP contribution is -2.34. The molecule has 1 N–H and O–H groups in total. The first kappa shape index (κ1) is 12.4. The van der Waals surface area contributed by atoms with Crippen LogP contribution in [0.2, 0.25) is 0 Å². The third-order valence-corrected chi connectivity index (χ3v) is 4.43. The van der Waals surface area contributed by atoms with Crippen LogP contribution in [0.4, 0.5) is 0 Å². The summed E-state index contributed by atoms with van der Waals surface area (Å²) in [5.41, 5.74) is 0.664. The molecule has 0 radical (unpaired) electrons. The first-order chi connectivity index (χ1) is 7.70. The van der Waals surface area contributed by atoms with Crippen LogP contribution < -0.4 is 5.32 Å². The summed E-state index contributed by atoms with van der Waals surface area (Å²) in [5.74, 6) is 1.94. The summed E-state index contributed by atoms with van der Waals surface area (Å²) in [6.07, 6.45) is 11.7. The third kappa shape index (κ3) is 3.76. The van der Waals surface area contributed by atoms with Crippen LogP contribution in [0, 0.1) is 17.3 Å². The van der Waals surface area contributed by atoms with Crippen LogP contribution in [-0.2, 0) is 0 Å². The van der Waals surface area contributed by atoms with E-state index in [2.05, 4.69) is 19.2 Å². The summed E-state index contributed by atoms with van der Waals surface area (Å²) >= 11 is 0. The normalized spacial score (nSPS) is 24.2. The number of hydrogen-bond donors (Lipinski definition) is 1. The van der Waals surface area contributed by atoms with Gasteiger partial charge in [0.15, 0.2) is 0 Å². The van der Waals surface area contributed by atoms with Crippen molar-refractivity contribution in [3.63, 3.8) is 0 Å². The molecule has 94 valence electrons. The van der Waals surface area contributed by atoms with E-state index in [0.29, 0.717) is 5.41 Å². The van der Waals surface area contributed by atoms with Crippen LogP contribution in [0.5, 0.6) is 0 Å². The highest BCUT2D eigenvalue weighted by molar-refractivity contribution is 4.87. The first-order valence-electron chi connectivity index (χ1n) is 7.41. The SMILES string of the molecule is CC(C)CC1(CNCCC2CC2)CCCC1. The molecule has 0 amide bonds. The van der Waals surface area contributed by atoms with Crippen molar-refractivity contribution in [2.24, 2.45) is 17.3 Å². The molecule has 0 spiro atoms. The Labute approximate surface area is 101 Å². The summed E-state index contributed by atoms with van der Waals surface area (Å²) in [5, 5.41) is 3.74. The van der Waals surface area contributed by atoms with Gasteiger partial charge in [0.1, 0.15) is 0 Å². The fraction of sp³-hybridized carbons (Fsp3) is 1.00. The zero-order chi connectivity index (χ0) is 11.4. The Kier molecular flexibility index (Phi) is 4.29. The summed E-state index contributed by atoms with van der Waals surface area (Å²) in [4.78, 5) is 0. The maximum absolute atomic E-state index is 3.74. The van der Waals surface area contributed by atoms with Crippen LogP contribution in [0.15, 0.2) is 0 Å². The van der Waals surface area contributed by atoms with Gasteiger partial charge in [-0.3, -0.25) is 0 Å². The molecule has 0 aromatic carbocycles. The molecule has 0 aromatic rings. The highest BCUT2D eigenvalue weighted by Gasteiger charge is 2.33. The zero-order valence-electron chi connectivity index (χ0n) is 11.2. The quantitative estimate of drug-likeness (QED) is 0.644. The maximum Gasteiger partial charge on any atom is 0.000791 e. The van der Waals surface area contributed by atoms with Gasteiger partial charge in [0.25, 0.3) is 0 Å². The molecule has 0 aromatic heterocycles. The molecule has 0 atom stereocenters. The largest absolute Gasteiger partial charge is 0.316 e. The van der Waals surface area contributed by atoms with E-state index in [9.17, 15) is 0 Å². The number of rotatable bonds is 7. The van der Waals surface area contributed by atoms with Crippen molar-refractivity contribution < 1.29 is 0 Å². The minimum absolute atomic E-state index is 0.664. The van der Waals surface area contributed by atoms with Crippen LogP contribution in [0.25, 0.3) is 0 Å². The fourth-order valence-electron chi connectivity index (χ4n) is 3.51. The van der Waals surface area contributed by atoms with Gasteiger partial charge in [-0.2, -0.15) is 0 Å². The van der Waals surface area contributed by atoms with E-state index in [4.69, 9.17) is 0 Å². The van der Waals surface area contributed by atoms with Gasteiger partial charge < -0.3 is 5.32 Å². The molecule has 2 fully saturated rings. The molecule has 2 saturated carbocycles. The second-order valence-corrected chi connectivity index (χ2v) is 6.71. The lowest BCUT2D eigenvalue weighted by atomic mass is 9.78. The lowest BCUT2D eigenvalue weighted by molar-refractivity contribution is 0.224. The third-order valence-electron chi connectivity index (χ3n) is 4.43. The molecule has 1 nitrogen and oxygen atoms in total. The van der Waals surface area contributed by atoms with Crippen LogP contribution in [0.1, 0.15) is 65.2 Å². The number of hydrogen-bond acceptors (Lipinski definition) is 1. The summed E-state index contributed by atoms with van der Waals surface area (Å²) in [6, 6.07) is 0. The van der Waals surface area contributed by atoms with Gasteiger partial charge in [-0.25, -0.2) is 0 Å². The minimum Gasteiger partial charge on any atom is -0.316 e. The van der Waals surface area contributed by atoms with Gasteiger partial charge in [-0.05, 0) is 49.5 Å². The molecule has 16 heavy (non-hydrogen) atoms. The van der Waals surface area contributed by atoms with Gasteiger partial charge in [0.05, 0.1) is 0 Å². The lowest BCUT2D eigenvalue weighted by Gasteiger charge is -2.31. The van der Waals surface area contributed by atoms with Gasteiger partial charge in [-0.15, -0.1) is 0 Å². The van der Waals surface area contributed by atoms with E-state index in [1.807, 2.05) is 0 Å². The smallest absolute Gasteiger partial charge is 0.000791 e. The van der Waals surface area contributed by atoms with Crippen LogP contribution in [-0.4, -0.2) is 13.1 Å². The van der Waals surface area contributed by atoms with E-state index in [1.165, 1.54) is 64.5 Å². The van der Waals surface area contributed by atoms with Gasteiger partial charge in [0.2, 0.25) is 0 Å². The molecule has 2 aliphatic carbocycles. The van der Waals surface area contributed by atoms with Gasteiger partial charge in [0, 0.05) is 6.54 Å². The molecule has 1 heteroatoms. The number of nitrogens with one attached hydrogen (secondary N) is 1. The van der Waals surface area contributed by atoms with Crippen molar-refractivity contribution in [3.05, 3.63) is 0 Å². The van der Waals surface area contributed by atoms with E-state index in [0.717, 1.165) is 11.8 Å². The van der Waals surface area contributed by atoms with Gasteiger partial charge >= 0.3 is 0 Å². The Morgan fingerprint density at radius 2 is 1.88 bits per heavy atom. The highest BCUT2D eigenvalue weighted by Crippen LogP contribution is 2.42. The zero-order valence-corrected chi connectivity index (χ0v) is 11.2. The Morgan fingerprint density at radius 1 is 1.19 bits per heavy atom. The topological polar surface area (TPSA) is 12.0 Å². The van der Waals surface area contributed by atoms with E-state index < -0.39 is 0 Å². The summed E-state index contributed by atoms with van der Waals surface area (Å²) in [6.45, 7) is 7.32. The Balaban J connectivity index is 1.68. The van der Waals surface area contributed by atoms with Crippen LogP contribution >= 0.6 is 0 Å². The standard InChI is InChI=1S/C15H29N/c1-13(2)11-15(8-3-4-9-15)12-16-10-7-14-5-6-14/h13-14,16H,3-12H2,1-2H3. The predicted octanol–water partition coefficient (Wildman–Crippen LogP) is 3.98. The van der Waals surface area contributed by atoms with E-state index in [-0.39, 0.29) is 0 Å². The highest BCUT2D eigenvalue weighted by atomic mass is 14.9. The Hall–Kier alpha value is -0.0400. The van der Waals surface area contributed by atoms with Crippen molar-refractivity contribution in [1.29, 1.82) is 0 Å². The first-order valence-corrected chi connectivity index (χ1v) is 7.41. The van der Waals surface area contributed by atoms with Crippen molar-refractivity contribution >= 4 is 0 Å². The molecular formula is C15H29N. The van der Waals surface area contributed by atoms with Crippen LogP contribution in [0.3, 0.4) is 0 Å². The Bertz CT molecular complexity index is 199. The molecule has 2 rings (SSSR count). The molecule has 0 saturated heterocycles. The molecule has 0 bridgehead atoms.